The van der Waals surface area contributed by atoms with Crippen molar-refractivity contribution in [3.05, 3.63) is 12.4 Å². The van der Waals surface area contributed by atoms with E-state index >= 15 is 0 Å². The van der Waals surface area contributed by atoms with Crippen LogP contribution in [0.1, 0.15) is 27.7 Å². The molecule has 1 aromatic heterocycles. The van der Waals surface area contributed by atoms with Gasteiger partial charge in [0.2, 0.25) is 0 Å². The predicted octanol–water partition coefficient (Wildman–Crippen LogP) is 0.149. The summed E-state index contributed by atoms with van der Waals surface area (Å²) in [5.74, 6) is 0. The Kier molecular flexibility index (Phi) is 4.01. The van der Waals surface area contributed by atoms with E-state index in [-0.39, 0.29) is 17.8 Å². The summed E-state index contributed by atoms with van der Waals surface area (Å²) < 4.78 is 18.7. The van der Waals surface area contributed by atoms with Crippen LogP contribution in [-0.2, 0) is 20.8 Å². The van der Waals surface area contributed by atoms with Crippen molar-refractivity contribution in [3.8, 4) is 0 Å². The molecule has 0 spiro atoms. The molecule has 0 radical (unpaired) electrons. The Hall–Kier alpha value is -0.885. The quantitative estimate of drug-likeness (QED) is 0.608. The van der Waals surface area contributed by atoms with Crippen LogP contribution in [-0.4, -0.2) is 46.4 Å². The number of nitrogens with zero attached hydrogens (tertiary/aromatic N) is 2. The van der Waals surface area contributed by atoms with Crippen molar-refractivity contribution in [1.82, 2.24) is 9.78 Å². The summed E-state index contributed by atoms with van der Waals surface area (Å²) in [6.45, 7) is 8.67. The fourth-order valence-electron chi connectivity index (χ4n) is 1.77. The molecule has 2 heterocycles. The van der Waals surface area contributed by atoms with Crippen LogP contribution in [0.2, 0.25) is 0 Å². The van der Waals surface area contributed by atoms with Gasteiger partial charge >= 0.3 is 7.12 Å². The van der Waals surface area contributed by atoms with Gasteiger partial charge in [-0.15, -0.1) is 0 Å². The first-order valence-electron chi connectivity index (χ1n) is 6.42. The van der Waals surface area contributed by atoms with Crippen molar-refractivity contribution in [2.45, 2.75) is 45.6 Å². The van der Waals surface area contributed by atoms with Gasteiger partial charge in [-0.1, -0.05) is 0 Å². The Morgan fingerprint density at radius 1 is 1.32 bits per heavy atom. The van der Waals surface area contributed by atoms with Crippen molar-refractivity contribution in [1.29, 1.82) is 0 Å². The number of aliphatic hydroxyl groups excluding tert-OH is 1. The van der Waals surface area contributed by atoms with Crippen LogP contribution in [0.15, 0.2) is 12.4 Å². The average molecular weight is 268 g/mol. The van der Waals surface area contributed by atoms with E-state index in [0.717, 1.165) is 5.46 Å². The van der Waals surface area contributed by atoms with Crippen molar-refractivity contribution >= 4 is 12.6 Å². The first kappa shape index (κ1) is 14.5. The zero-order valence-corrected chi connectivity index (χ0v) is 11.9. The summed E-state index contributed by atoms with van der Waals surface area (Å²) in [7, 11) is -0.406. The van der Waals surface area contributed by atoms with Crippen LogP contribution in [0, 0.1) is 0 Å². The molecule has 2 rings (SSSR count). The summed E-state index contributed by atoms with van der Waals surface area (Å²) in [5.41, 5.74) is 0.159. The zero-order valence-electron chi connectivity index (χ0n) is 11.9. The van der Waals surface area contributed by atoms with Gasteiger partial charge in [-0.3, -0.25) is 0 Å². The second-order valence-electron chi connectivity index (χ2n) is 5.66. The third-order valence-electron chi connectivity index (χ3n) is 3.64. The van der Waals surface area contributed by atoms with Gasteiger partial charge in [0.05, 0.1) is 24.4 Å². The summed E-state index contributed by atoms with van der Waals surface area (Å²) in [6, 6.07) is 0. The summed E-state index contributed by atoms with van der Waals surface area (Å²) >= 11 is 0. The first-order chi connectivity index (χ1) is 8.86. The lowest BCUT2D eigenvalue weighted by Gasteiger charge is -2.32. The molecule has 1 N–H and O–H groups in total. The SMILES string of the molecule is CC1(C)OB(c2cnn(COCCO)c2)OC1(C)C. The maximum Gasteiger partial charge on any atom is 0.498 e. The van der Waals surface area contributed by atoms with Gasteiger partial charge in [0, 0.05) is 17.9 Å². The molecule has 106 valence electrons. The van der Waals surface area contributed by atoms with Gasteiger partial charge in [0.1, 0.15) is 6.73 Å². The van der Waals surface area contributed by atoms with Crippen LogP contribution in [0.4, 0.5) is 0 Å². The molecule has 1 aromatic rings. The molecule has 6 nitrogen and oxygen atoms in total. The Labute approximate surface area is 113 Å². The lowest BCUT2D eigenvalue weighted by Crippen LogP contribution is -2.41. The highest BCUT2D eigenvalue weighted by molar-refractivity contribution is 6.61. The molecule has 0 saturated carbocycles. The lowest BCUT2D eigenvalue weighted by molar-refractivity contribution is 0.00578. The average Bonchev–Trinajstić information content (AvgIpc) is 2.83. The molecule has 19 heavy (non-hydrogen) atoms. The van der Waals surface area contributed by atoms with Gasteiger partial charge in [0.25, 0.3) is 0 Å². The molecule has 7 heteroatoms. The van der Waals surface area contributed by atoms with E-state index in [4.69, 9.17) is 19.2 Å². The smallest absolute Gasteiger partial charge is 0.399 e. The van der Waals surface area contributed by atoms with Crippen LogP contribution in [0.3, 0.4) is 0 Å². The van der Waals surface area contributed by atoms with Crippen LogP contribution >= 0.6 is 0 Å². The largest absolute Gasteiger partial charge is 0.498 e. The molecular weight excluding hydrogens is 247 g/mol. The van der Waals surface area contributed by atoms with Crippen molar-refractivity contribution < 1.29 is 19.2 Å². The van der Waals surface area contributed by atoms with Crippen molar-refractivity contribution in [2.75, 3.05) is 13.2 Å². The number of ether oxygens (including phenoxy) is 1. The zero-order chi connectivity index (χ0) is 14.1. The third kappa shape index (κ3) is 3.00. The van der Waals surface area contributed by atoms with Crippen LogP contribution in [0.5, 0.6) is 0 Å². The van der Waals surface area contributed by atoms with Gasteiger partial charge in [-0.25, -0.2) is 4.68 Å². The lowest BCUT2D eigenvalue weighted by atomic mass is 9.82. The number of rotatable bonds is 5. The normalized spacial score (nSPS) is 21.0. The molecule has 0 aromatic carbocycles. The molecule has 1 saturated heterocycles. The number of hydrogen-bond acceptors (Lipinski definition) is 5. The van der Waals surface area contributed by atoms with E-state index in [9.17, 15) is 0 Å². The second-order valence-corrected chi connectivity index (χ2v) is 5.66. The monoisotopic (exact) mass is 268 g/mol. The molecule has 1 aliphatic heterocycles. The standard InChI is InChI=1S/C12H21BN2O4/c1-11(2)12(3,4)19-13(18-11)10-7-14-15(8-10)9-17-6-5-16/h7-8,16H,5-6,9H2,1-4H3. The Bertz CT molecular complexity index is 417. The number of hydrogen-bond donors (Lipinski definition) is 1. The summed E-state index contributed by atoms with van der Waals surface area (Å²) in [6.07, 6.45) is 3.55. The van der Waals surface area contributed by atoms with E-state index < -0.39 is 7.12 Å². The van der Waals surface area contributed by atoms with Gasteiger partial charge < -0.3 is 19.2 Å². The highest BCUT2D eigenvalue weighted by atomic mass is 16.7. The highest BCUT2D eigenvalue weighted by Gasteiger charge is 2.52. The van der Waals surface area contributed by atoms with Crippen molar-refractivity contribution in [2.24, 2.45) is 0 Å². The van der Waals surface area contributed by atoms with Gasteiger partial charge in [-0.05, 0) is 27.7 Å². The maximum absolute atomic E-state index is 8.64. The maximum atomic E-state index is 8.64. The Morgan fingerprint density at radius 2 is 1.95 bits per heavy atom. The molecular formula is C12H21BN2O4. The molecule has 0 aliphatic carbocycles. The minimum absolute atomic E-state index is 0.00531. The first-order valence-corrected chi connectivity index (χ1v) is 6.42. The number of aromatic nitrogens is 2. The predicted molar refractivity (Wildman–Crippen MR) is 71.0 cm³/mol. The third-order valence-corrected chi connectivity index (χ3v) is 3.64. The molecule has 0 unspecified atom stereocenters. The van der Waals surface area contributed by atoms with E-state index in [0.29, 0.717) is 13.3 Å². The van der Waals surface area contributed by atoms with E-state index in [2.05, 4.69) is 5.10 Å². The summed E-state index contributed by atoms with van der Waals surface area (Å²) in [4.78, 5) is 0. The molecule has 0 atom stereocenters. The minimum atomic E-state index is -0.406. The van der Waals surface area contributed by atoms with E-state index in [1.165, 1.54) is 0 Å². The molecule has 0 amide bonds. The van der Waals surface area contributed by atoms with Crippen LogP contribution < -0.4 is 5.46 Å². The van der Waals surface area contributed by atoms with Crippen molar-refractivity contribution in [3.63, 3.8) is 0 Å². The highest BCUT2D eigenvalue weighted by Crippen LogP contribution is 2.36. The van der Waals surface area contributed by atoms with Gasteiger partial charge in [0.15, 0.2) is 0 Å². The van der Waals surface area contributed by atoms with E-state index in [1.807, 2.05) is 33.9 Å². The number of aliphatic hydroxyl groups is 1. The Morgan fingerprint density at radius 3 is 2.53 bits per heavy atom. The fraction of sp³-hybridized carbons (Fsp3) is 0.750. The fourth-order valence-corrected chi connectivity index (χ4v) is 1.77. The summed E-state index contributed by atoms with van der Waals surface area (Å²) in [5, 5.41) is 12.8. The minimum Gasteiger partial charge on any atom is -0.399 e. The molecule has 1 aliphatic rings. The van der Waals surface area contributed by atoms with Crippen LogP contribution in [0.25, 0.3) is 0 Å². The topological polar surface area (TPSA) is 65.7 Å². The van der Waals surface area contributed by atoms with E-state index in [1.54, 1.807) is 10.9 Å². The molecule has 0 bridgehead atoms. The second kappa shape index (κ2) is 5.24. The Balaban J connectivity index is 2.00. The van der Waals surface area contributed by atoms with Gasteiger partial charge in [-0.2, -0.15) is 5.10 Å². The molecule has 1 fully saturated rings.